The molecule has 0 aromatic carbocycles. The molecule has 2 aliphatic rings. The first-order valence-electron chi connectivity index (χ1n) is 9.74. The van der Waals surface area contributed by atoms with E-state index in [4.69, 9.17) is 4.74 Å². The Bertz CT molecular complexity index is 608. The second-order valence-corrected chi connectivity index (χ2v) is 8.08. The van der Waals surface area contributed by atoms with Crippen molar-refractivity contribution >= 4 is 23.2 Å². The van der Waals surface area contributed by atoms with Gasteiger partial charge in [0.25, 0.3) is 0 Å². The molecule has 1 amide bonds. The van der Waals surface area contributed by atoms with Crippen LogP contribution >= 0.6 is 11.3 Å². The number of guanidine groups is 1. The molecule has 2 aliphatic heterocycles. The van der Waals surface area contributed by atoms with E-state index >= 15 is 0 Å². The fourth-order valence-corrected chi connectivity index (χ4v) is 4.26. The normalized spacial score (nSPS) is 20.6. The number of carbonyl (C=O) groups is 1. The monoisotopic (exact) mass is 393 g/mol. The molecule has 3 rings (SSSR count). The first-order chi connectivity index (χ1) is 13.2. The quantitative estimate of drug-likeness (QED) is 0.595. The SMILES string of the molecule is CN=C(NCC(C)c1cccs1)N1CCN(CC(=O)N2CCOCC2)CC1. The minimum absolute atomic E-state index is 0.221. The molecule has 2 saturated heterocycles. The van der Waals surface area contributed by atoms with Crippen LogP contribution < -0.4 is 5.32 Å². The van der Waals surface area contributed by atoms with Gasteiger partial charge < -0.3 is 19.9 Å². The minimum atomic E-state index is 0.221. The molecule has 1 atom stereocenters. The van der Waals surface area contributed by atoms with Crippen LogP contribution in [0.25, 0.3) is 0 Å². The maximum absolute atomic E-state index is 12.4. The molecule has 7 nitrogen and oxygen atoms in total. The summed E-state index contributed by atoms with van der Waals surface area (Å²) < 4.78 is 5.32. The number of nitrogens with one attached hydrogen (secondary N) is 1. The minimum Gasteiger partial charge on any atom is -0.378 e. The Morgan fingerprint density at radius 2 is 1.96 bits per heavy atom. The van der Waals surface area contributed by atoms with Crippen molar-refractivity contribution in [1.82, 2.24) is 20.0 Å². The van der Waals surface area contributed by atoms with Gasteiger partial charge in [0.05, 0.1) is 19.8 Å². The highest BCUT2D eigenvalue weighted by atomic mass is 32.1. The van der Waals surface area contributed by atoms with Crippen LogP contribution in [0.4, 0.5) is 0 Å². The van der Waals surface area contributed by atoms with Gasteiger partial charge in [-0.25, -0.2) is 0 Å². The number of nitrogens with zero attached hydrogens (tertiary/aromatic N) is 4. The number of amides is 1. The zero-order valence-electron chi connectivity index (χ0n) is 16.4. The van der Waals surface area contributed by atoms with Gasteiger partial charge in [-0.3, -0.25) is 14.7 Å². The van der Waals surface area contributed by atoms with E-state index in [1.807, 2.05) is 11.9 Å². The molecule has 0 saturated carbocycles. The van der Waals surface area contributed by atoms with Crippen molar-refractivity contribution < 1.29 is 9.53 Å². The number of piperazine rings is 1. The van der Waals surface area contributed by atoms with Gasteiger partial charge >= 0.3 is 0 Å². The zero-order chi connectivity index (χ0) is 19.1. The highest BCUT2D eigenvalue weighted by molar-refractivity contribution is 7.10. The standard InChI is InChI=1S/C19H31N5O2S/c1-16(17-4-3-13-27-17)14-21-19(20-2)24-7-5-22(6-8-24)15-18(25)23-9-11-26-12-10-23/h3-4,13,16H,5-12,14-15H2,1-2H3,(H,20,21). The highest BCUT2D eigenvalue weighted by Crippen LogP contribution is 2.19. The van der Waals surface area contributed by atoms with Crippen LogP contribution in [0.2, 0.25) is 0 Å². The summed E-state index contributed by atoms with van der Waals surface area (Å²) in [7, 11) is 1.84. The van der Waals surface area contributed by atoms with Gasteiger partial charge in [0.15, 0.2) is 5.96 Å². The second kappa shape index (κ2) is 10.1. The molecule has 2 fully saturated rings. The highest BCUT2D eigenvalue weighted by Gasteiger charge is 2.24. The summed E-state index contributed by atoms with van der Waals surface area (Å²) in [5, 5.41) is 5.63. The summed E-state index contributed by atoms with van der Waals surface area (Å²) in [6.45, 7) is 9.94. The zero-order valence-corrected chi connectivity index (χ0v) is 17.2. The number of carbonyl (C=O) groups excluding carboxylic acids is 1. The van der Waals surface area contributed by atoms with Gasteiger partial charge in [0.1, 0.15) is 0 Å². The molecule has 1 unspecified atom stereocenters. The van der Waals surface area contributed by atoms with E-state index in [1.54, 1.807) is 11.3 Å². The van der Waals surface area contributed by atoms with E-state index in [0.717, 1.165) is 51.8 Å². The average Bonchev–Trinajstić information content (AvgIpc) is 3.25. The molecule has 1 aromatic heterocycles. The fraction of sp³-hybridized carbons (Fsp3) is 0.684. The number of hydrogen-bond donors (Lipinski definition) is 1. The number of rotatable bonds is 5. The Morgan fingerprint density at radius 1 is 1.22 bits per heavy atom. The summed E-state index contributed by atoms with van der Waals surface area (Å²) in [6.07, 6.45) is 0. The van der Waals surface area contributed by atoms with E-state index in [9.17, 15) is 4.79 Å². The molecular formula is C19H31N5O2S. The first-order valence-corrected chi connectivity index (χ1v) is 10.6. The molecule has 0 aliphatic carbocycles. The van der Waals surface area contributed by atoms with E-state index in [-0.39, 0.29) is 5.91 Å². The maximum atomic E-state index is 12.4. The third kappa shape index (κ3) is 5.67. The maximum Gasteiger partial charge on any atom is 0.236 e. The summed E-state index contributed by atoms with van der Waals surface area (Å²) in [4.78, 5) is 24.7. The van der Waals surface area contributed by atoms with E-state index < -0.39 is 0 Å². The van der Waals surface area contributed by atoms with E-state index in [0.29, 0.717) is 25.7 Å². The summed E-state index contributed by atoms with van der Waals surface area (Å²) in [5.74, 6) is 1.64. The molecule has 0 bridgehead atoms. The van der Waals surface area contributed by atoms with Crippen molar-refractivity contribution in [3.8, 4) is 0 Å². The van der Waals surface area contributed by atoms with Crippen molar-refractivity contribution in [2.24, 2.45) is 4.99 Å². The van der Waals surface area contributed by atoms with Crippen molar-refractivity contribution in [3.05, 3.63) is 22.4 Å². The summed E-state index contributed by atoms with van der Waals surface area (Å²) in [5.41, 5.74) is 0. The van der Waals surface area contributed by atoms with Crippen molar-refractivity contribution in [3.63, 3.8) is 0 Å². The lowest BCUT2D eigenvalue weighted by Crippen LogP contribution is -2.55. The Balaban J connectivity index is 1.41. The van der Waals surface area contributed by atoms with E-state index in [1.165, 1.54) is 4.88 Å². The van der Waals surface area contributed by atoms with Crippen LogP contribution in [-0.4, -0.2) is 99.2 Å². The topological polar surface area (TPSA) is 60.4 Å². The van der Waals surface area contributed by atoms with Gasteiger partial charge in [-0.1, -0.05) is 13.0 Å². The lowest BCUT2D eigenvalue weighted by Gasteiger charge is -2.37. The molecule has 27 heavy (non-hydrogen) atoms. The van der Waals surface area contributed by atoms with Crippen LogP contribution in [0.15, 0.2) is 22.5 Å². The number of ether oxygens (including phenoxy) is 1. The third-order valence-corrected chi connectivity index (χ3v) is 6.31. The smallest absolute Gasteiger partial charge is 0.236 e. The lowest BCUT2D eigenvalue weighted by molar-refractivity contribution is -0.136. The van der Waals surface area contributed by atoms with Crippen LogP contribution in [0.1, 0.15) is 17.7 Å². The molecule has 8 heteroatoms. The Labute approximate surface area is 166 Å². The largest absolute Gasteiger partial charge is 0.378 e. The molecule has 150 valence electrons. The van der Waals surface area contributed by atoms with Crippen molar-refractivity contribution in [1.29, 1.82) is 0 Å². The van der Waals surface area contributed by atoms with Gasteiger partial charge in [-0.05, 0) is 11.4 Å². The number of aliphatic imine (C=N–C) groups is 1. The number of thiophene rings is 1. The summed E-state index contributed by atoms with van der Waals surface area (Å²) in [6, 6.07) is 4.28. The van der Waals surface area contributed by atoms with Crippen LogP contribution in [-0.2, 0) is 9.53 Å². The fourth-order valence-electron chi connectivity index (χ4n) is 3.47. The Kier molecular flexibility index (Phi) is 7.49. The molecular weight excluding hydrogens is 362 g/mol. The number of hydrogen-bond acceptors (Lipinski definition) is 5. The summed E-state index contributed by atoms with van der Waals surface area (Å²) >= 11 is 1.80. The number of morpholine rings is 1. The van der Waals surface area contributed by atoms with Crippen molar-refractivity contribution in [2.45, 2.75) is 12.8 Å². The predicted octanol–water partition coefficient (Wildman–Crippen LogP) is 0.903. The van der Waals surface area contributed by atoms with Crippen LogP contribution in [0.5, 0.6) is 0 Å². The van der Waals surface area contributed by atoms with Crippen molar-refractivity contribution in [2.75, 3.05) is 72.6 Å². The average molecular weight is 394 g/mol. The predicted molar refractivity (Wildman–Crippen MR) is 110 cm³/mol. The molecule has 3 heterocycles. The van der Waals surface area contributed by atoms with Gasteiger partial charge in [0.2, 0.25) is 5.91 Å². The Hall–Kier alpha value is -1.64. The van der Waals surface area contributed by atoms with Crippen LogP contribution in [0, 0.1) is 0 Å². The van der Waals surface area contributed by atoms with Gasteiger partial charge in [0, 0.05) is 63.7 Å². The lowest BCUT2D eigenvalue weighted by atomic mass is 10.1. The molecule has 0 spiro atoms. The molecule has 0 radical (unpaired) electrons. The van der Waals surface area contributed by atoms with E-state index in [2.05, 4.69) is 44.5 Å². The first kappa shape index (κ1) is 20.1. The third-order valence-electron chi connectivity index (χ3n) is 5.20. The second-order valence-electron chi connectivity index (χ2n) is 7.10. The molecule has 1 aromatic rings. The van der Waals surface area contributed by atoms with Crippen LogP contribution in [0.3, 0.4) is 0 Å². The Morgan fingerprint density at radius 3 is 2.59 bits per heavy atom. The molecule has 1 N–H and O–H groups in total. The van der Waals surface area contributed by atoms with Gasteiger partial charge in [-0.2, -0.15) is 0 Å². The van der Waals surface area contributed by atoms with Gasteiger partial charge in [-0.15, -0.1) is 11.3 Å².